The summed E-state index contributed by atoms with van der Waals surface area (Å²) < 4.78 is 12.4. The van der Waals surface area contributed by atoms with Gasteiger partial charge < -0.3 is 9.47 Å². The van der Waals surface area contributed by atoms with Crippen LogP contribution in [0.25, 0.3) is 0 Å². The first-order valence-electron chi connectivity index (χ1n) is 9.99. The molecule has 0 spiro atoms. The van der Waals surface area contributed by atoms with Crippen molar-refractivity contribution in [3.05, 3.63) is 48.0 Å². The molecule has 4 heteroatoms. The summed E-state index contributed by atoms with van der Waals surface area (Å²) in [6, 6.07) is 10.2. The lowest BCUT2D eigenvalue weighted by Gasteiger charge is -2.42. The van der Waals surface area contributed by atoms with Crippen LogP contribution in [0.3, 0.4) is 0 Å². The van der Waals surface area contributed by atoms with Gasteiger partial charge in [0.2, 0.25) is 5.60 Å². The van der Waals surface area contributed by atoms with Crippen molar-refractivity contribution in [2.24, 2.45) is 23.7 Å². The van der Waals surface area contributed by atoms with E-state index in [0.29, 0.717) is 18.8 Å². The van der Waals surface area contributed by atoms with Crippen LogP contribution in [-0.4, -0.2) is 23.0 Å². The summed E-state index contributed by atoms with van der Waals surface area (Å²) in [6.07, 6.45) is 6.46. The van der Waals surface area contributed by atoms with Crippen LogP contribution in [0.1, 0.15) is 45.6 Å². The van der Waals surface area contributed by atoms with Crippen molar-refractivity contribution >= 4 is 11.8 Å². The number of allylic oxidation sites excluding steroid dienone is 2. The van der Waals surface area contributed by atoms with Gasteiger partial charge in [0.1, 0.15) is 5.60 Å². The maximum Gasteiger partial charge on any atom is 0.347 e. The number of carbonyl (C=O) groups is 2. The number of hydrogen-bond donors (Lipinski definition) is 0. The molecule has 5 rings (SSSR count). The van der Waals surface area contributed by atoms with Crippen LogP contribution in [-0.2, 0) is 24.7 Å². The first-order chi connectivity index (χ1) is 12.8. The van der Waals surface area contributed by atoms with Crippen molar-refractivity contribution in [2.45, 2.75) is 56.8 Å². The lowest BCUT2D eigenvalue weighted by atomic mass is 9.68. The Morgan fingerprint density at radius 3 is 2.44 bits per heavy atom. The van der Waals surface area contributed by atoms with Gasteiger partial charge in [0.05, 0.1) is 5.60 Å². The number of Topliss-reactive ketones (excluding diaryl/α,β-unsaturated/α-hetero) is 1. The van der Waals surface area contributed by atoms with Gasteiger partial charge in [-0.3, -0.25) is 4.79 Å². The Hall–Kier alpha value is -1.94. The monoisotopic (exact) mass is 366 g/mol. The molecule has 1 aromatic carbocycles. The summed E-state index contributed by atoms with van der Waals surface area (Å²) in [5.74, 6) is -0.00721. The van der Waals surface area contributed by atoms with Gasteiger partial charge in [-0.1, -0.05) is 42.5 Å². The molecule has 142 valence electrons. The largest absolute Gasteiger partial charge is 0.457 e. The van der Waals surface area contributed by atoms with Gasteiger partial charge >= 0.3 is 5.97 Å². The number of carbonyl (C=O) groups excluding carboxylic acids is 2. The highest BCUT2D eigenvalue weighted by Crippen LogP contribution is 2.69. The molecule has 2 aliphatic heterocycles. The van der Waals surface area contributed by atoms with E-state index >= 15 is 0 Å². The van der Waals surface area contributed by atoms with Gasteiger partial charge in [0, 0.05) is 18.3 Å². The Balaban J connectivity index is 1.68. The van der Waals surface area contributed by atoms with Crippen molar-refractivity contribution in [1.29, 1.82) is 0 Å². The summed E-state index contributed by atoms with van der Waals surface area (Å²) in [7, 11) is 0. The minimum atomic E-state index is -1.46. The third-order valence-electron chi connectivity index (χ3n) is 6.91. The normalized spacial score (nSPS) is 41.7. The smallest absolute Gasteiger partial charge is 0.347 e. The van der Waals surface area contributed by atoms with Gasteiger partial charge in [-0.15, -0.1) is 0 Å². The number of esters is 1. The lowest BCUT2D eigenvalue weighted by molar-refractivity contribution is -0.208. The quantitative estimate of drug-likeness (QED) is 0.454. The molecule has 0 aromatic heterocycles. The van der Waals surface area contributed by atoms with Gasteiger partial charge in [-0.2, -0.15) is 0 Å². The maximum atomic E-state index is 13.4. The molecule has 6 atom stereocenters. The highest BCUT2D eigenvalue weighted by molar-refractivity contribution is 6.09. The van der Waals surface area contributed by atoms with E-state index in [-0.39, 0.29) is 23.5 Å². The summed E-state index contributed by atoms with van der Waals surface area (Å²) >= 11 is 0. The second kappa shape index (κ2) is 5.32. The summed E-state index contributed by atoms with van der Waals surface area (Å²) in [6.45, 7) is 5.52. The number of benzene rings is 1. The van der Waals surface area contributed by atoms with Crippen LogP contribution >= 0.6 is 0 Å². The van der Waals surface area contributed by atoms with E-state index in [1.165, 1.54) is 0 Å². The molecule has 4 nitrogen and oxygen atoms in total. The van der Waals surface area contributed by atoms with Crippen molar-refractivity contribution in [1.82, 2.24) is 0 Å². The number of rotatable bonds is 2. The molecule has 1 aromatic rings. The average molecular weight is 366 g/mol. The minimum absolute atomic E-state index is 0.100. The number of ketones is 1. The fraction of sp³-hybridized carbons (Fsp3) is 0.565. The Labute approximate surface area is 159 Å². The maximum absolute atomic E-state index is 13.4. The van der Waals surface area contributed by atoms with Crippen LogP contribution in [0, 0.1) is 23.7 Å². The fourth-order valence-corrected chi connectivity index (χ4v) is 6.14. The van der Waals surface area contributed by atoms with Crippen molar-refractivity contribution < 1.29 is 19.1 Å². The van der Waals surface area contributed by atoms with Crippen LogP contribution in [0.5, 0.6) is 0 Å². The highest BCUT2D eigenvalue weighted by atomic mass is 16.6. The zero-order valence-electron chi connectivity index (χ0n) is 16.1. The molecule has 2 saturated heterocycles. The van der Waals surface area contributed by atoms with Crippen LogP contribution in [0.4, 0.5) is 0 Å². The van der Waals surface area contributed by atoms with Crippen LogP contribution < -0.4 is 0 Å². The summed E-state index contributed by atoms with van der Waals surface area (Å²) in [4.78, 5) is 26.6. The topological polar surface area (TPSA) is 52.6 Å². The average Bonchev–Trinajstić information content (AvgIpc) is 3.29. The van der Waals surface area contributed by atoms with Gasteiger partial charge in [0.15, 0.2) is 5.78 Å². The van der Waals surface area contributed by atoms with Crippen molar-refractivity contribution in [3.63, 3.8) is 0 Å². The second-order valence-electron chi connectivity index (χ2n) is 9.52. The van der Waals surface area contributed by atoms with E-state index in [1.807, 2.05) is 39.0 Å². The van der Waals surface area contributed by atoms with Crippen molar-refractivity contribution in [3.8, 4) is 0 Å². The van der Waals surface area contributed by atoms with E-state index in [4.69, 9.17) is 9.47 Å². The predicted molar refractivity (Wildman–Crippen MR) is 99.7 cm³/mol. The third kappa shape index (κ3) is 2.13. The van der Waals surface area contributed by atoms with E-state index in [1.54, 1.807) is 0 Å². The van der Waals surface area contributed by atoms with E-state index in [9.17, 15) is 9.59 Å². The molecule has 27 heavy (non-hydrogen) atoms. The van der Waals surface area contributed by atoms with Gasteiger partial charge in [0.25, 0.3) is 0 Å². The molecule has 2 heterocycles. The minimum Gasteiger partial charge on any atom is -0.457 e. The Bertz CT molecular complexity index is 836. The fourth-order valence-electron chi connectivity index (χ4n) is 6.14. The second-order valence-corrected chi connectivity index (χ2v) is 9.52. The Kier molecular flexibility index (Phi) is 3.38. The third-order valence-corrected chi connectivity index (χ3v) is 6.91. The summed E-state index contributed by atoms with van der Waals surface area (Å²) in [5.41, 5.74) is -1.62. The molecule has 4 aliphatic rings. The molecule has 0 radical (unpaired) electrons. The first kappa shape index (κ1) is 17.2. The van der Waals surface area contributed by atoms with Crippen LogP contribution in [0.2, 0.25) is 0 Å². The van der Waals surface area contributed by atoms with E-state index < -0.39 is 22.8 Å². The number of ether oxygens (including phenoxy) is 2. The molecule has 4 bridgehead atoms. The zero-order valence-corrected chi connectivity index (χ0v) is 16.1. The molecule has 0 unspecified atom stereocenters. The molecule has 1 saturated carbocycles. The SMILES string of the molecule is CC(C)(C)OC(=O)[C@]12O[C@](c3ccccc3)(CCC1=O)[C@@H]1[C@H]2[C@H]2C=C[C@@H]1C2. The summed E-state index contributed by atoms with van der Waals surface area (Å²) in [5, 5.41) is 0. The molecular weight excluding hydrogens is 340 g/mol. The molecule has 3 fully saturated rings. The number of fused-ring (bicyclic) bond motifs is 9. The van der Waals surface area contributed by atoms with Gasteiger partial charge in [-0.25, -0.2) is 4.79 Å². The highest BCUT2D eigenvalue weighted by Gasteiger charge is 2.77. The van der Waals surface area contributed by atoms with E-state index in [0.717, 1.165) is 12.0 Å². The van der Waals surface area contributed by atoms with E-state index in [2.05, 4.69) is 24.3 Å². The molecule has 2 aliphatic carbocycles. The predicted octanol–water partition coefficient (Wildman–Crippen LogP) is 3.79. The molecular formula is C23H26O4. The molecule has 0 amide bonds. The van der Waals surface area contributed by atoms with Crippen LogP contribution in [0.15, 0.2) is 42.5 Å². The first-order valence-corrected chi connectivity index (χ1v) is 9.99. The van der Waals surface area contributed by atoms with Crippen molar-refractivity contribution in [2.75, 3.05) is 0 Å². The Morgan fingerprint density at radius 2 is 1.78 bits per heavy atom. The lowest BCUT2D eigenvalue weighted by Crippen LogP contribution is -2.57. The van der Waals surface area contributed by atoms with Gasteiger partial charge in [-0.05, 0) is 51.0 Å². The zero-order chi connectivity index (χ0) is 19.0. The number of hydrogen-bond acceptors (Lipinski definition) is 4. The Morgan fingerprint density at radius 1 is 1.11 bits per heavy atom. The standard InChI is InChI=1S/C23H26O4/c1-21(2,3)26-20(25)23-17(24)11-12-22(27-23,16-7-5-4-6-8-16)18-14-9-10-15(13-14)19(18)23/h4-10,14-15,18-19H,11-13H2,1-3H3/t14-,15+,18+,19-,22+,23+/m1/s1. The molecule has 0 N–H and O–H groups in total.